The molecule has 128 valence electrons. The minimum absolute atomic E-state index is 0.00328. The van der Waals surface area contributed by atoms with Gasteiger partial charge in [0, 0.05) is 5.56 Å². The van der Waals surface area contributed by atoms with E-state index in [0.29, 0.717) is 0 Å². The largest absolute Gasteiger partial charge is 0.417 e. The number of rotatable bonds is 4. The summed E-state index contributed by atoms with van der Waals surface area (Å²) >= 11 is 10.7. The van der Waals surface area contributed by atoms with Gasteiger partial charge in [0.1, 0.15) is 11.1 Å². The summed E-state index contributed by atoms with van der Waals surface area (Å²) in [6.45, 7) is 1.41. The topological polar surface area (TPSA) is 79.6 Å². The average Bonchev–Trinajstić information content (AvgIpc) is 2.41. The third kappa shape index (κ3) is 9.93. The number of benzene rings is 1. The lowest BCUT2D eigenvalue weighted by atomic mass is 10.0. The third-order valence-corrected chi connectivity index (χ3v) is 2.44. The number of hydrogen-bond acceptors (Lipinski definition) is 5. The molecular weight excluding hydrogens is 380 g/mol. The van der Waals surface area contributed by atoms with Crippen LogP contribution >= 0.6 is 23.2 Å². The minimum atomic E-state index is -4.44. The van der Waals surface area contributed by atoms with E-state index in [0.717, 1.165) is 6.07 Å². The van der Waals surface area contributed by atoms with Crippen molar-refractivity contribution in [2.75, 3.05) is 6.61 Å². The Morgan fingerprint density at radius 3 is 2.35 bits per heavy atom. The summed E-state index contributed by atoms with van der Waals surface area (Å²) in [5.74, 6) is 0. The number of halogens is 5. The van der Waals surface area contributed by atoms with Crippen LogP contribution in [0.15, 0.2) is 40.0 Å². The Bertz CT molecular complexity index is 678. The molecule has 0 radical (unpaired) electrons. The van der Waals surface area contributed by atoms with Crippen LogP contribution in [0.1, 0.15) is 18.1 Å². The van der Waals surface area contributed by atoms with Gasteiger partial charge in [-0.1, -0.05) is 46.6 Å². The summed E-state index contributed by atoms with van der Waals surface area (Å²) in [6, 6.07) is 5.13. The van der Waals surface area contributed by atoms with E-state index < -0.39 is 22.2 Å². The van der Waals surface area contributed by atoms with Crippen molar-refractivity contribution >= 4 is 39.4 Å². The fourth-order valence-electron chi connectivity index (χ4n) is 1.33. The molecule has 0 spiro atoms. The highest BCUT2D eigenvalue weighted by atomic mass is 35.5. The van der Waals surface area contributed by atoms with Gasteiger partial charge in [-0.15, -0.1) is 0 Å². The molecule has 0 aliphatic heterocycles. The van der Waals surface area contributed by atoms with Gasteiger partial charge in [-0.05, 0) is 19.1 Å². The quantitative estimate of drug-likeness (QED) is 0.470. The maximum absolute atomic E-state index is 12.8. The molecule has 23 heavy (non-hydrogen) atoms. The Labute approximate surface area is 141 Å². The lowest BCUT2D eigenvalue weighted by molar-refractivity contribution is -0.137. The SMILES string of the molecule is C/C(=N\OCC=C(Cl)Cl)c1ccccc1C(F)(F)F.N=S(=O)=O. The van der Waals surface area contributed by atoms with E-state index in [4.69, 9.17) is 41.2 Å². The smallest absolute Gasteiger partial charge is 0.391 e. The molecule has 0 aliphatic carbocycles. The third-order valence-electron chi connectivity index (χ3n) is 2.14. The predicted octanol–water partition coefficient (Wildman–Crippen LogP) is 4.39. The first kappa shape index (κ1) is 21.4. The molecule has 0 aromatic heterocycles. The summed E-state index contributed by atoms with van der Waals surface area (Å²) < 4.78 is 61.1. The van der Waals surface area contributed by atoms with Crippen molar-refractivity contribution in [3.05, 3.63) is 46.0 Å². The maximum atomic E-state index is 12.8. The molecule has 1 rings (SSSR count). The van der Waals surface area contributed by atoms with Crippen LogP contribution in [0.4, 0.5) is 13.2 Å². The van der Waals surface area contributed by atoms with Crippen LogP contribution in [0.25, 0.3) is 0 Å². The molecule has 11 heteroatoms. The predicted molar refractivity (Wildman–Crippen MR) is 81.0 cm³/mol. The fraction of sp³-hybridized carbons (Fsp3) is 0.250. The van der Waals surface area contributed by atoms with Crippen LogP contribution in [-0.2, 0) is 21.5 Å². The Hall–Kier alpha value is -1.58. The van der Waals surface area contributed by atoms with E-state index in [1.54, 1.807) is 0 Å². The zero-order chi connectivity index (χ0) is 18.0. The second kappa shape index (κ2) is 10.2. The molecule has 0 aliphatic rings. The van der Waals surface area contributed by atoms with Gasteiger partial charge < -0.3 is 4.84 Å². The second-order valence-electron chi connectivity index (χ2n) is 3.74. The molecule has 0 saturated heterocycles. The van der Waals surface area contributed by atoms with Gasteiger partial charge in [0.05, 0.1) is 11.3 Å². The van der Waals surface area contributed by atoms with E-state index >= 15 is 0 Å². The van der Waals surface area contributed by atoms with Gasteiger partial charge in [0.15, 0.2) is 0 Å². The van der Waals surface area contributed by atoms with E-state index in [1.165, 1.54) is 31.2 Å². The van der Waals surface area contributed by atoms with Crippen molar-refractivity contribution in [3.8, 4) is 0 Å². The van der Waals surface area contributed by atoms with Crippen molar-refractivity contribution in [2.45, 2.75) is 13.1 Å². The van der Waals surface area contributed by atoms with Crippen molar-refractivity contribution in [1.82, 2.24) is 0 Å². The molecule has 0 saturated carbocycles. The van der Waals surface area contributed by atoms with Gasteiger partial charge in [-0.2, -0.15) is 26.4 Å². The summed E-state index contributed by atoms with van der Waals surface area (Å²) in [4.78, 5) is 4.80. The highest BCUT2D eigenvalue weighted by Crippen LogP contribution is 2.32. The molecule has 0 heterocycles. The van der Waals surface area contributed by atoms with Gasteiger partial charge in [-0.3, -0.25) is 0 Å². The lowest BCUT2D eigenvalue weighted by Gasteiger charge is -2.11. The number of hydrogen-bond donors (Lipinski definition) is 1. The van der Waals surface area contributed by atoms with Crippen molar-refractivity contribution in [2.24, 2.45) is 5.16 Å². The molecule has 1 aromatic carbocycles. The minimum Gasteiger partial charge on any atom is -0.391 e. The number of alkyl halides is 3. The average molecular weight is 391 g/mol. The van der Waals surface area contributed by atoms with Crippen LogP contribution < -0.4 is 0 Å². The van der Waals surface area contributed by atoms with Gasteiger partial charge in [-0.25, -0.2) is 0 Å². The molecule has 5 nitrogen and oxygen atoms in total. The Morgan fingerprint density at radius 2 is 1.87 bits per heavy atom. The first-order chi connectivity index (χ1) is 10.6. The van der Waals surface area contributed by atoms with Gasteiger partial charge in [0.25, 0.3) is 0 Å². The van der Waals surface area contributed by atoms with E-state index in [9.17, 15) is 13.2 Å². The van der Waals surface area contributed by atoms with Crippen LogP contribution in [0, 0.1) is 4.78 Å². The van der Waals surface area contributed by atoms with Gasteiger partial charge >= 0.3 is 16.7 Å². The first-order valence-corrected chi connectivity index (χ1v) is 7.53. The van der Waals surface area contributed by atoms with Crippen LogP contribution in [0.3, 0.4) is 0 Å². The molecule has 0 fully saturated rings. The van der Waals surface area contributed by atoms with Crippen LogP contribution in [-0.4, -0.2) is 20.7 Å². The molecule has 1 N–H and O–H groups in total. The highest BCUT2D eigenvalue weighted by Gasteiger charge is 2.33. The molecule has 0 amide bonds. The normalized spacial score (nSPS) is 11.1. The Morgan fingerprint density at radius 1 is 1.35 bits per heavy atom. The fourth-order valence-corrected chi connectivity index (χ4v) is 1.46. The van der Waals surface area contributed by atoms with Crippen molar-refractivity contribution < 1.29 is 26.4 Å². The number of nitrogens with zero attached hydrogens (tertiary/aromatic N) is 1. The van der Waals surface area contributed by atoms with Crippen LogP contribution in [0.5, 0.6) is 0 Å². The lowest BCUT2D eigenvalue weighted by Crippen LogP contribution is -2.12. The summed E-state index contributed by atoms with van der Waals surface area (Å²) in [5.41, 5.74) is -0.672. The molecular formula is C12H11Cl2F3N2O3S. The van der Waals surface area contributed by atoms with E-state index in [-0.39, 0.29) is 22.4 Å². The summed E-state index contributed by atoms with van der Waals surface area (Å²) in [6.07, 6.45) is -3.11. The molecule has 0 bridgehead atoms. The summed E-state index contributed by atoms with van der Waals surface area (Å²) in [5, 5.41) is 3.60. The van der Waals surface area contributed by atoms with Gasteiger partial charge in [0.2, 0.25) is 0 Å². The zero-order valence-corrected chi connectivity index (χ0v) is 13.9. The van der Waals surface area contributed by atoms with Crippen LogP contribution in [0.2, 0.25) is 0 Å². The maximum Gasteiger partial charge on any atom is 0.417 e. The molecule has 0 unspecified atom stereocenters. The van der Waals surface area contributed by atoms with Crippen molar-refractivity contribution in [1.29, 1.82) is 4.78 Å². The Balaban J connectivity index is 0.00000108. The standard InChI is InChI=1S/C12H10Cl2F3NO.HNO2S/c1-8(18-19-7-6-11(13)14)9-4-2-3-5-10(9)12(15,16)17;1-4(2)3/h2-6H,7H2,1H3;1H/b18-8+;. The second-order valence-corrected chi connectivity index (χ2v) is 5.22. The summed E-state index contributed by atoms with van der Waals surface area (Å²) in [7, 11) is -2.61. The molecule has 0 atom stereocenters. The molecule has 1 aromatic rings. The Kier molecular flexibility index (Phi) is 9.54. The van der Waals surface area contributed by atoms with E-state index in [1.807, 2.05) is 0 Å². The number of oxime groups is 1. The number of nitrogens with one attached hydrogen (secondary N) is 1. The van der Waals surface area contributed by atoms with Crippen molar-refractivity contribution in [3.63, 3.8) is 0 Å². The monoisotopic (exact) mass is 390 g/mol. The van der Waals surface area contributed by atoms with E-state index in [2.05, 4.69) is 5.16 Å². The highest BCUT2D eigenvalue weighted by molar-refractivity contribution is 7.60. The first-order valence-electron chi connectivity index (χ1n) is 5.70. The zero-order valence-electron chi connectivity index (χ0n) is 11.6.